The minimum atomic E-state index is 0.103. The first-order valence-corrected chi connectivity index (χ1v) is 6.26. The predicted octanol–water partition coefficient (Wildman–Crippen LogP) is 2.32. The lowest BCUT2D eigenvalue weighted by molar-refractivity contribution is -0.120. The maximum absolute atomic E-state index is 12.0. The number of carbonyl (C=O) groups excluding carboxylic acids is 1. The Kier molecular flexibility index (Phi) is 3.79. The van der Waals surface area contributed by atoms with Crippen LogP contribution in [0.3, 0.4) is 0 Å². The number of nitrogens with one attached hydrogen (secondary N) is 2. The van der Waals surface area contributed by atoms with E-state index < -0.39 is 0 Å². The molecule has 2 N–H and O–H groups in total. The highest BCUT2D eigenvalue weighted by Crippen LogP contribution is 2.17. The number of benzene rings is 1. The first-order chi connectivity index (χ1) is 8.15. The summed E-state index contributed by atoms with van der Waals surface area (Å²) < 4.78 is 0. The second kappa shape index (κ2) is 5.32. The molecule has 0 saturated carbocycles. The molecule has 1 aliphatic rings. The number of hydrogen-bond donors (Lipinski definition) is 2. The molecule has 2 unspecified atom stereocenters. The maximum atomic E-state index is 12.0. The molecule has 17 heavy (non-hydrogen) atoms. The summed E-state index contributed by atoms with van der Waals surface area (Å²) in [6.45, 7) is 4.98. The van der Waals surface area contributed by atoms with E-state index in [4.69, 9.17) is 0 Å². The first-order valence-electron chi connectivity index (χ1n) is 6.26. The van der Waals surface area contributed by atoms with Crippen LogP contribution < -0.4 is 10.6 Å². The van der Waals surface area contributed by atoms with Gasteiger partial charge in [-0.25, -0.2) is 0 Å². The van der Waals surface area contributed by atoms with E-state index in [1.54, 1.807) is 0 Å². The van der Waals surface area contributed by atoms with E-state index in [1.807, 2.05) is 31.2 Å². The van der Waals surface area contributed by atoms with Gasteiger partial charge in [-0.05, 0) is 44.4 Å². The molecule has 3 nitrogen and oxygen atoms in total. The number of carbonyl (C=O) groups is 1. The van der Waals surface area contributed by atoms with Crippen molar-refractivity contribution in [3.8, 4) is 0 Å². The highest BCUT2D eigenvalue weighted by Gasteiger charge is 2.23. The number of aryl methyl sites for hydroxylation is 1. The van der Waals surface area contributed by atoms with E-state index in [9.17, 15) is 4.79 Å². The van der Waals surface area contributed by atoms with Gasteiger partial charge < -0.3 is 10.6 Å². The highest BCUT2D eigenvalue weighted by molar-refractivity contribution is 5.92. The summed E-state index contributed by atoms with van der Waals surface area (Å²) in [5, 5.41) is 6.34. The zero-order valence-corrected chi connectivity index (χ0v) is 10.5. The summed E-state index contributed by atoms with van der Waals surface area (Å²) in [6.07, 6.45) is 2.05. The van der Waals surface area contributed by atoms with Crippen LogP contribution in [0.15, 0.2) is 24.3 Å². The fourth-order valence-electron chi connectivity index (χ4n) is 2.19. The quantitative estimate of drug-likeness (QED) is 0.821. The smallest absolute Gasteiger partial charge is 0.228 e. The fraction of sp³-hybridized carbons (Fsp3) is 0.500. The van der Waals surface area contributed by atoms with Crippen molar-refractivity contribution in [3.63, 3.8) is 0 Å². The number of amides is 1. The number of piperidine rings is 1. The maximum Gasteiger partial charge on any atom is 0.228 e. The Morgan fingerprint density at radius 3 is 2.88 bits per heavy atom. The van der Waals surface area contributed by atoms with Crippen LogP contribution in [0, 0.1) is 12.8 Å². The average molecular weight is 232 g/mol. The molecule has 1 saturated heterocycles. The van der Waals surface area contributed by atoms with Crippen LogP contribution in [0.2, 0.25) is 0 Å². The van der Waals surface area contributed by atoms with Crippen LogP contribution in [0.25, 0.3) is 0 Å². The van der Waals surface area contributed by atoms with Crippen molar-refractivity contribution < 1.29 is 4.79 Å². The molecule has 0 spiro atoms. The Morgan fingerprint density at radius 1 is 1.41 bits per heavy atom. The highest BCUT2D eigenvalue weighted by atomic mass is 16.1. The van der Waals surface area contributed by atoms with E-state index in [-0.39, 0.29) is 11.8 Å². The molecule has 92 valence electrons. The third-order valence-electron chi connectivity index (χ3n) is 3.32. The van der Waals surface area contributed by atoms with E-state index >= 15 is 0 Å². The number of rotatable bonds is 2. The van der Waals surface area contributed by atoms with E-state index in [0.717, 1.165) is 30.6 Å². The molecule has 1 fully saturated rings. The van der Waals surface area contributed by atoms with Gasteiger partial charge in [-0.1, -0.05) is 12.1 Å². The first kappa shape index (κ1) is 12.1. The molecule has 1 amide bonds. The Balaban J connectivity index is 1.93. The average Bonchev–Trinajstić information content (AvgIpc) is 2.29. The molecule has 1 aliphatic heterocycles. The van der Waals surface area contributed by atoms with Crippen LogP contribution >= 0.6 is 0 Å². The van der Waals surface area contributed by atoms with Gasteiger partial charge in [0.25, 0.3) is 0 Å². The SMILES string of the molecule is Cc1cccc(NC(=O)C2CCC(C)NC2)c1. The van der Waals surface area contributed by atoms with Gasteiger partial charge in [-0.15, -0.1) is 0 Å². The molecular formula is C14H20N2O. The third kappa shape index (κ3) is 3.30. The predicted molar refractivity (Wildman–Crippen MR) is 70.0 cm³/mol. The summed E-state index contributed by atoms with van der Waals surface area (Å²) >= 11 is 0. The third-order valence-corrected chi connectivity index (χ3v) is 3.32. The molecule has 1 aromatic carbocycles. The van der Waals surface area contributed by atoms with E-state index in [1.165, 1.54) is 0 Å². The van der Waals surface area contributed by atoms with Gasteiger partial charge in [0, 0.05) is 18.3 Å². The van der Waals surface area contributed by atoms with Crippen molar-refractivity contribution in [2.24, 2.45) is 5.92 Å². The molecule has 2 rings (SSSR count). The van der Waals surface area contributed by atoms with Crippen molar-refractivity contribution in [1.29, 1.82) is 0 Å². The second-order valence-corrected chi connectivity index (χ2v) is 4.94. The van der Waals surface area contributed by atoms with E-state index in [2.05, 4.69) is 17.6 Å². The minimum Gasteiger partial charge on any atom is -0.326 e. The molecule has 0 aliphatic carbocycles. The topological polar surface area (TPSA) is 41.1 Å². The van der Waals surface area contributed by atoms with Crippen molar-refractivity contribution in [2.75, 3.05) is 11.9 Å². The number of anilines is 1. The Labute approximate surface area is 103 Å². The second-order valence-electron chi connectivity index (χ2n) is 4.94. The van der Waals surface area contributed by atoms with Crippen molar-refractivity contribution >= 4 is 11.6 Å². The molecule has 0 aromatic heterocycles. The molecule has 0 bridgehead atoms. The summed E-state index contributed by atoms with van der Waals surface area (Å²) in [5.41, 5.74) is 2.06. The van der Waals surface area contributed by atoms with Gasteiger partial charge in [-0.3, -0.25) is 4.79 Å². The molecule has 0 radical (unpaired) electrons. The lowest BCUT2D eigenvalue weighted by atomic mass is 9.94. The minimum absolute atomic E-state index is 0.103. The molecule has 1 aromatic rings. The lowest BCUT2D eigenvalue weighted by Gasteiger charge is -2.26. The van der Waals surface area contributed by atoms with Crippen molar-refractivity contribution in [2.45, 2.75) is 32.7 Å². The van der Waals surface area contributed by atoms with Crippen LogP contribution in [0.4, 0.5) is 5.69 Å². The Morgan fingerprint density at radius 2 is 2.24 bits per heavy atom. The summed E-state index contributed by atoms with van der Waals surface area (Å²) in [4.78, 5) is 12.0. The number of hydrogen-bond acceptors (Lipinski definition) is 2. The van der Waals surface area contributed by atoms with Crippen LogP contribution in [0.5, 0.6) is 0 Å². The molecule has 1 heterocycles. The normalized spacial score (nSPS) is 24.4. The van der Waals surface area contributed by atoms with Gasteiger partial charge in [0.2, 0.25) is 5.91 Å². The largest absolute Gasteiger partial charge is 0.326 e. The van der Waals surface area contributed by atoms with Gasteiger partial charge in [0.1, 0.15) is 0 Å². The zero-order valence-electron chi connectivity index (χ0n) is 10.5. The van der Waals surface area contributed by atoms with Gasteiger partial charge in [0.15, 0.2) is 0 Å². The molecule has 3 heteroatoms. The Hall–Kier alpha value is -1.35. The van der Waals surface area contributed by atoms with Gasteiger partial charge in [-0.2, -0.15) is 0 Å². The fourth-order valence-corrected chi connectivity index (χ4v) is 2.19. The summed E-state index contributed by atoms with van der Waals surface area (Å²) in [6, 6.07) is 8.46. The van der Waals surface area contributed by atoms with E-state index in [0.29, 0.717) is 6.04 Å². The van der Waals surface area contributed by atoms with Gasteiger partial charge in [0.05, 0.1) is 5.92 Å². The van der Waals surface area contributed by atoms with Crippen LogP contribution in [-0.4, -0.2) is 18.5 Å². The monoisotopic (exact) mass is 232 g/mol. The Bertz CT molecular complexity index is 395. The molecule has 2 atom stereocenters. The lowest BCUT2D eigenvalue weighted by Crippen LogP contribution is -2.41. The zero-order chi connectivity index (χ0) is 12.3. The van der Waals surface area contributed by atoms with Crippen LogP contribution in [-0.2, 0) is 4.79 Å². The van der Waals surface area contributed by atoms with Gasteiger partial charge >= 0.3 is 0 Å². The van der Waals surface area contributed by atoms with Crippen molar-refractivity contribution in [3.05, 3.63) is 29.8 Å². The van der Waals surface area contributed by atoms with Crippen LogP contribution in [0.1, 0.15) is 25.3 Å². The van der Waals surface area contributed by atoms with Crippen molar-refractivity contribution in [1.82, 2.24) is 5.32 Å². The summed E-state index contributed by atoms with van der Waals surface area (Å²) in [7, 11) is 0. The molecular weight excluding hydrogens is 212 g/mol. The summed E-state index contributed by atoms with van der Waals surface area (Å²) in [5.74, 6) is 0.238. The standard InChI is InChI=1S/C14H20N2O/c1-10-4-3-5-13(8-10)16-14(17)12-7-6-11(2)15-9-12/h3-5,8,11-12,15H,6-7,9H2,1-2H3,(H,16,17).